The zero-order chi connectivity index (χ0) is 22.8. The molecule has 1 saturated heterocycles. The lowest BCUT2D eigenvalue weighted by Gasteiger charge is -2.37. The molecule has 1 saturated carbocycles. The Morgan fingerprint density at radius 3 is 2.15 bits per heavy atom. The molecule has 0 bridgehead atoms. The van der Waals surface area contributed by atoms with Gasteiger partial charge in [-0.3, -0.25) is 9.47 Å². The fraction of sp³-hybridized carbons (Fsp3) is 0.615. The number of β-amino-alcohol motifs (C(OH)–C–C–N with tert-alkyl or cyclic N) is 1. The Morgan fingerprint density at radius 1 is 0.848 bits per heavy atom. The van der Waals surface area contributed by atoms with Crippen LogP contribution in [0.3, 0.4) is 0 Å². The van der Waals surface area contributed by atoms with Crippen LogP contribution in [0.15, 0.2) is 24.3 Å². The van der Waals surface area contributed by atoms with Crippen LogP contribution in [0.4, 0.5) is 5.69 Å². The van der Waals surface area contributed by atoms with Gasteiger partial charge < -0.3 is 25.0 Å². The third-order valence-electron chi connectivity index (χ3n) is 7.56. The molecule has 7 heteroatoms. The van der Waals surface area contributed by atoms with Gasteiger partial charge in [-0.2, -0.15) is 0 Å². The van der Waals surface area contributed by atoms with E-state index in [-0.39, 0.29) is 18.3 Å². The average Bonchev–Trinajstić information content (AvgIpc) is 3.43. The largest absolute Gasteiger partial charge is 0.494 e. The molecule has 1 aromatic heterocycles. The molecule has 2 aliphatic carbocycles. The summed E-state index contributed by atoms with van der Waals surface area (Å²) in [6.07, 6.45) is 8.17. The molecule has 0 radical (unpaired) electrons. The molecule has 1 aromatic carbocycles. The maximum Gasteiger partial charge on any atom is 0.197 e. The minimum Gasteiger partial charge on any atom is -0.494 e. The highest BCUT2D eigenvalue weighted by Crippen LogP contribution is 2.39. The van der Waals surface area contributed by atoms with Crippen molar-refractivity contribution >= 4 is 5.69 Å². The van der Waals surface area contributed by atoms with Crippen LogP contribution in [0.1, 0.15) is 49.7 Å². The Labute approximate surface area is 196 Å². The van der Waals surface area contributed by atoms with Gasteiger partial charge in [-0.15, -0.1) is 0 Å². The van der Waals surface area contributed by atoms with Crippen LogP contribution in [0, 0.1) is 0 Å². The van der Waals surface area contributed by atoms with Crippen LogP contribution >= 0.6 is 0 Å². The number of rotatable bonds is 7. The minimum atomic E-state index is -0.653. The summed E-state index contributed by atoms with van der Waals surface area (Å²) in [7, 11) is 0. The number of ether oxygens (including phenoxy) is 1. The van der Waals surface area contributed by atoms with Crippen LogP contribution in [-0.4, -0.2) is 69.7 Å². The summed E-state index contributed by atoms with van der Waals surface area (Å²) in [4.78, 5) is 4.64. The van der Waals surface area contributed by atoms with E-state index in [1.54, 1.807) is 0 Å². The van der Waals surface area contributed by atoms with Gasteiger partial charge in [-0.05, 0) is 63.5 Å². The average molecular weight is 456 g/mol. The molecule has 180 valence electrons. The first-order valence-electron chi connectivity index (χ1n) is 12.6. The van der Waals surface area contributed by atoms with Crippen LogP contribution < -0.4 is 9.64 Å². The van der Waals surface area contributed by atoms with Crippen molar-refractivity contribution in [3.05, 3.63) is 35.4 Å². The van der Waals surface area contributed by atoms with E-state index in [0.29, 0.717) is 12.6 Å². The summed E-state index contributed by atoms with van der Waals surface area (Å²) in [5, 5.41) is 31.9. The van der Waals surface area contributed by atoms with E-state index in [4.69, 9.17) is 4.74 Å². The van der Waals surface area contributed by atoms with Gasteiger partial charge in [0.15, 0.2) is 11.8 Å². The van der Waals surface area contributed by atoms with Gasteiger partial charge in [0.1, 0.15) is 5.75 Å². The molecule has 2 fully saturated rings. The standard InChI is InChI=1S/C26H37N3O4/c30-19(18-29-25(31)21-9-3-4-10-22(21)26(29)32)17-27-13-15-28(16-14-27)23-11-5-6-12-24(23)33-20-7-1-2-8-20/h5-6,11-12,19-20,30-32H,1-4,7-10,13-18H2. The molecule has 3 aliphatic rings. The first kappa shape index (κ1) is 22.4. The highest BCUT2D eigenvalue weighted by atomic mass is 16.5. The monoisotopic (exact) mass is 455 g/mol. The van der Waals surface area contributed by atoms with Gasteiger partial charge in [-0.1, -0.05) is 12.1 Å². The number of para-hydroxylation sites is 2. The smallest absolute Gasteiger partial charge is 0.197 e. The summed E-state index contributed by atoms with van der Waals surface area (Å²) in [6.45, 7) is 4.21. The summed E-state index contributed by atoms with van der Waals surface area (Å²) < 4.78 is 7.82. The Kier molecular flexibility index (Phi) is 6.69. The summed E-state index contributed by atoms with van der Waals surface area (Å²) >= 11 is 0. The molecule has 7 nitrogen and oxygen atoms in total. The quantitative estimate of drug-likeness (QED) is 0.595. The van der Waals surface area contributed by atoms with E-state index in [1.165, 1.54) is 17.4 Å². The number of aromatic nitrogens is 1. The van der Waals surface area contributed by atoms with E-state index in [0.717, 1.165) is 87.3 Å². The summed E-state index contributed by atoms with van der Waals surface area (Å²) in [6, 6.07) is 8.35. The highest BCUT2D eigenvalue weighted by molar-refractivity contribution is 5.58. The predicted octanol–water partition coefficient (Wildman–Crippen LogP) is 3.28. The van der Waals surface area contributed by atoms with Crippen LogP contribution in [-0.2, 0) is 19.4 Å². The molecule has 2 aromatic rings. The molecule has 0 spiro atoms. The maximum atomic E-state index is 10.7. The Morgan fingerprint density at radius 2 is 1.48 bits per heavy atom. The number of aromatic hydroxyl groups is 2. The predicted molar refractivity (Wildman–Crippen MR) is 128 cm³/mol. The van der Waals surface area contributed by atoms with Gasteiger partial charge >= 0.3 is 0 Å². The zero-order valence-electron chi connectivity index (χ0n) is 19.5. The van der Waals surface area contributed by atoms with Crippen molar-refractivity contribution in [2.75, 3.05) is 37.6 Å². The van der Waals surface area contributed by atoms with E-state index in [9.17, 15) is 15.3 Å². The van der Waals surface area contributed by atoms with Crippen molar-refractivity contribution in [3.8, 4) is 17.5 Å². The second-order valence-electron chi connectivity index (χ2n) is 9.86. The third-order valence-corrected chi connectivity index (χ3v) is 7.56. The van der Waals surface area contributed by atoms with Crippen molar-refractivity contribution in [1.82, 2.24) is 9.47 Å². The highest BCUT2D eigenvalue weighted by Gasteiger charge is 2.27. The molecule has 5 rings (SSSR count). The number of piperazine rings is 1. The molecule has 33 heavy (non-hydrogen) atoms. The summed E-state index contributed by atoms with van der Waals surface area (Å²) in [5.41, 5.74) is 2.88. The van der Waals surface area contributed by atoms with Crippen LogP contribution in [0.25, 0.3) is 0 Å². The van der Waals surface area contributed by atoms with Crippen molar-refractivity contribution in [2.24, 2.45) is 0 Å². The second kappa shape index (κ2) is 9.85. The fourth-order valence-electron chi connectivity index (χ4n) is 5.74. The first-order chi connectivity index (χ1) is 16.1. The second-order valence-corrected chi connectivity index (χ2v) is 9.86. The van der Waals surface area contributed by atoms with E-state index in [2.05, 4.69) is 28.0 Å². The Balaban J connectivity index is 1.16. The Hall–Kier alpha value is -2.38. The summed E-state index contributed by atoms with van der Waals surface area (Å²) in [5.74, 6) is 1.25. The topological polar surface area (TPSA) is 81.3 Å². The fourth-order valence-corrected chi connectivity index (χ4v) is 5.74. The van der Waals surface area contributed by atoms with Crippen LogP contribution in [0.5, 0.6) is 17.5 Å². The van der Waals surface area contributed by atoms with Gasteiger partial charge in [0, 0.05) is 43.9 Å². The van der Waals surface area contributed by atoms with Gasteiger partial charge in [0.05, 0.1) is 24.4 Å². The molecule has 1 atom stereocenters. The molecular weight excluding hydrogens is 418 g/mol. The lowest BCUT2D eigenvalue weighted by molar-refractivity contribution is 0.0907. The SMILES string of the molecule is Oc1c2c(c(O)n1CC(O)CN1CCN(c3ccccc3OC3CCCC3)CC1)CCCC2. The first-order valence-corrected chi connectivity index (χ1v) is 12.6. The zero-order valence-corrected chi connectivity index (χ0v) is 19.5. The van der Waals surface area contributed by atoms with Crippen molar-refractivity contribution in [2.45, 2.75) is 70.1 Å². The number of aliphatic hydroxyl groups excluding tert-OH is 1. The van der Waals surface area contributed by atoms with E-state index < -0.39 is 6.10 Å². The lowest BCUT2D eigenvalue weighted by Crippen LogP contribution is -2.49. The van der Waals surface area contributed by atoms with Crippen molar-refractivity contribution < 1.29 is 20.1 Å². The van der Waals surface area contributed by atoms with Gasteiger partial charge in [0.2, 0.25) is 0 Å². The molecule has 1 unspecified atom stereocenters. The van der Waals surface area contributed by atoms with Crippen molar-refractivity contribution in [3.63, 3.8) is 0 Å². The molecule has 1 aliphatic heterocycles. The number of nitrogens with zero attached hydrogens (tertiary/aromatic N) is 3. The number of fused-ring (bicyclic) bond motifs is 1. The molecule has 2 heterocycles. The number of hydrogen-bond donors (Lipinski definition) is 3. The lowest BCUT2D eigenvalue weighted by atomic mass is 9.95. The number of anilines is 1. The van der Waals surface area contributed by atoms with Gasteiger partial charge in [0.25, 0.3) is 0 Å². The molecule has 0 amide bonds. The maximum absolute atomic E-state index is 10.7. The molecular formula is C26H37N3O4. The van der Waals surface area contributed by atoms with E-state index in [1.807, 2.05) is 6.07 Å². The number of aliphatic hydroxyl groups is 1. The Bertz CT molecular complexity index is 916. The van der Waals surface area contributed by atoms with E-state index >= 15 is 0 Å². The molecule has 3 N–H and O–H groups in total. The number of hydrogen-bond acceptors (Lipinski definition) is 6. The third kappa shape index (κ3) is 4.80. The van der Waals surface area contributed by atoms with Gasteiger partial charge in [-0.25, -0.2) is 0 Å². The minimum absolute atomic E-state index is 0.130. The van der Waals surface area contributed by atoms with Crippen molar-refractivity contribution in [1.29, 1.82) is 0 Å². The van der Waals surface area contributed by atoms with Crippen LogP contribution in [0.2, 0.25) is 0 Å². The normalized spacial score (nSPS) is 20.7. The number of benzene rings is 1.